The molecule has 2 aromatic rings. The summed E-state index contributed by atoms with van der Waals surface area (Å²) >= 11 is 3.08. The maximum absolute atomic E-state index is 8.07. The fourth-order valence-corrected chi connectivity index (χ4v) is 6.79. The lowest BCUT2D eigenvalue weighted by molar-refractivity contribution is 0.397. The van der Waals surface area contributed by atoms with Gasteiger partial charge in [-0.05, 0) is 24.3 Å². The van der Waals surface area contributed by atoms with E-state index in [2.05, 4.69) is 0 Å². The highest BCUT2D eigenvalue weighted by molar-refractivity contribution is 7.44. The van der Waals surface area contributed by atoms with Gasteiger partial charge in [0.25, 0.3) is 0 Å². The second-order valence-corrected chi connectivity index (χ2v) is 8.75. The Morgan fingerprint density at radius 1 is 1.04 bits per heavy atom. The van der Waals surface area contributed by atoms with Crippen LogP contribution >= 0.6 is 30.9 Å². The van der Waals surface area contributed by atoms with E-state index >= 15 is 0 Å². The summed E-state index contributed by atoms with van der Waals surface area (Å²) in [4.78, 5) is 1.12. The summed E-state index contributed by atoms with van der Waals surface area (Å²) < 4.78 is 13.0. The van der Waals surface area contributed by atoms with Gasteiger partial charge in [-0.1, -0.05) is 6.07 Å². The van der Waals surface area contributed by atoms with Gasteiger partial charge in [0, 0.05) is 25.6 Å². The minimum absolute atomic E-state index is 0.530. The highest BCUT2D eigenvalue weighted by Gasteiger charge is 2.23. The lowest BCUT2D eigenvalue weighted by Gasteiger charge is -2.16. The summed E-state index contributed by atoms with van der Waals surface area (Å²) in [6, 6.07) is 9.80. The van der Waals surface area contributed by atoms with Crippen molar-refractivity contribution in [2.75, 3.05) is 20.0 Å². The summed E-state index contributed by atoms with van der Waals surface area (Å²) in [7, 11) is 3.86. The molecule has 0 aliphatic carbocycles. The van der Waals surface area contributed by atoms with Gasteiger partial charge < -0.3 is 15.2 Å². The molecule has 3 heterocycles. The average Bonchev–Trinajstić information content (AvgIpc) is 3.12. The standard InChI is InChI=1S/C17H15N2O2PS2/c1-20-8-4-3-5-9(21-2)14(8)15-16-10(6-12(18)23-16)22-11-7-13(19)24-17(11)15/h3-7,18,22H,19H2,1-2H3. The molecular weight excluding hydrogens is 359 g/mol. The average molecular weight is 374 g/mol. The van der Waals surface area contributed by atoms with Crippen molar-refractivity contribution in [3.63, 3.8) is 0 Å². The van der Waals surface area contributed by atoms with Crippen LogP contribution in [0.25, 0.3) is 31.1 Å². The Bertz CT molecular complexity index is 1060. The molecule has 0 radical (unpaired) electrons. The van der Waals surface area contributed by atoms with Crippen LogP contribution < -0.4 is 19.9 Å². The first-order valence-electron chi connectivity index (χ1n) is 7.23. The van der Waals surface area contributed by atoms with E-state index in [-0.39, 0.29) is 0 Å². The Morgan fingerprint density at radius 2 is 1.75 bits per heavy atom. The third kappa shape index (κ3) is 2.30. The fraction of sp³-hybridized carbons (Fsp3) is 0.118. The van der Waals surface area contributed by atoms with E-state index in [1.807, 2.05) is 30.3 Å². The summed E-state index contributed by atoms with van der Waals surface area (Å²) in [6.45, 7) is 0. The third-order valence-electron chi connectivity index (χ3n) is 3.88. The van der Waals surface area contributed by atoms with Crippen molar-refractivity contribution in [1.82, 2.24) is 0 Å². The molecule has 2 aliphatic heterocycles. The quantitative estimate of drug-likeness (QED) is 0.539. The lowest BCUT2D eigenvalue weighted by Crippen LogP contribution is -1.93. The molecule has 0 saturated carbocycles. The Labute approximate surface area is 148 Å². The Balaban J connectivity index is 2.22. The molecule has 4 nitrogen and oxygen atoms in total. The number of ether oxygens (including phenoxy) is 2. The topological polar surface area (TPSA) is 68.3 Å². The Morgan fingerprint density at radius 3 is 2.42 bits per heavy atom. The van der Waals surface area contributed by atoms with E-state index in [9.17, 15) is 0 Å². The number of nitrogens with two attached hydrogens (primary N) is 1. The van der Waals surface area contributed by atoms with E-state index in [4.69, 9.17) is 20.6 Å². The summed E-state index contributed by atoms with van der Waals surface area (Å²) in [5, 5.41) is 11.3. The van der Waals surface area contributed by atoms with Crippen molar-refractivity contribution < 1.29 is 9.47 Å². The smallest absolute Gasteiger partial charge is 0.130 e. The fourth-order valence-electron chi connectivity index (χ4n) is 2.93. The number of fused-ring (bicyclic) bond motifs is 2. The van der Waals surface area contributed by atoms with Crippen molar-refractivity contribution in [3.8, 4) is 32.8 Å². The van der Waals surface area contributed by atoms with Crippen molar-refractivity contribution >= 4 is 45.7 Å². The van der Waals surface area contributed by atoms with Crippen molar-refractivity contribution in [1.29, 1.82) is 5.41 Å². The SMILES string of the molecule is COc1cccc(OC)c1-c1c2sc(=N)cc-2[pH]c2cc(N)sc12. The molecule has 0 bridgehead atoms. The minimum Gasteiger partial charge on any atom is -0.496 e. The van der Waals surface area contributed by atoms with Crippen molar-refractivity contribution in [2.24, 2.45) is 0 Å². The predicted molar refractivity (Wildman–Crippen MR) is 105 cm³/mol. The van der Waals surface area contributed by atoms with E-state index < -0.39 is 0 Å². The van der Waals surface area contributed by atoms with Crippen LogP contribution in [-0.4, -0.2) is 14.2 Å². The molecule has 0 saturated heterocycles. The van der Waals surface area contributed by atoms with Gasteiger partial charge in [0.05, 0.1) is 24.8 Å². The van der Waals surface area contributed by atoms with E-state index in [0.717, 1.165) is 37.2 Å². The molecule has 1 atom stereocenters. The second kappa shape index (κ2) is 5.81. The first kappa shape index (κ1) is 15.5. The molecule has 3 N–H and O–H groups in total. The monoisotopic (exact) mass is 374 g/mol. The van der Waals surface area contributed by atoms with Gasteiger partial charge in [-0.3, -0.25) is 5.41 Å². The Hall–Kier alpha value is -2.01. The van der Waals surface area contributed by atoms with Gasteiger partial charge in [0.15, 0.2) is 0 Å². The summed E-state index contributed by atoms with van der Waals surface area (Å²) in [6.07, 6.45) is 0. The van der Waals surface area contributed by atoms with Gasteiger partial charge in [-0.25, -0.2) is 0 Å². The zero-order valence-corrected chi connectivity index (χ0v) is 15.7. The largest absolute Gasteiger partial charge is 0.496 e. The molecule has 0 spiro atoms. The van der Waals surface area contributed by atoms with Crippen molar-refractivity contribution in [3.05, 3.63) is 35.0 Å². The van der Waals surface area contributed by atoms with Gasteiger partial charge in [0.1, 0.15) is 16.2 Å². The number of hydrogen-bond acceptors (Lipinski definition) is 6. The number of methoxy groups -OCH3 is 2. The second-order valence-electron chi connectivity index (χ2n) is 5.28. The van der Waals surface area contributed by atoms with E-state index in [0.29, 0.717) is 12.9 Å². The van der Waals surface area contributed by atoms with Crippen LogP contribution in [0.2, 0.25) is 0 Å². The zero-order chi connectivity index (χ0) is 16.8. The summed E-state index contributed by atoms with van der Waals surface area (Å²) in [5.41, 5.74) is 8.08. The van der Waals surface area contributed by atoms with Crippen LogP contribution in [0.1, 0.15) is 0 Å². The van der Waals surface area contributed by atoms with E-state index in [1.165, 1.54) is 21.8 Å². The maximum atomic E-state index is 8.07. The van der Waals surface area contributed by atoms with Crippen LogP contribution in [0, 0.1) is 5.41 Å². The molecule has 1 aromatic carbocycles. The molecule has 1 aromatic heterocycles. The first-order valence-corrected chi connectivity index (χ1v) is 9.86. The summed E-state index contributed by atoms with van der Waals surface area (Å²) in [5.74, 6) is 1.52. The number of rotatable bonds is 3. The molecule has 2 aliphatic rings. The predicted octanol–water partition coefficient (Wildman–Crippen LogP) is 4.84. The van der Waals surface area contributed by atoms with Crippen LogP contribution in [-0.2, 0) is 0 Å². The number of nitrogen functional groups attached to an aromatic ring is 1. The van der Waals surface area contributed by atoms with Crippen LogP contribution in [0.5, 0.6) is 11.5 Å². The lowest BCUT2D eigenvalue weighted by atomic mass is 10.0. The van der Waals surface area contributed by atoms with Gasteiger partial charge >= 0.3 is 0 Å². The van der Waals surface area contributed by atoms with Gasteiger partial charge in [-0.15, -0.1) is 30.9 Å². The van der Waals surface area contributed by atoms with Crippen LogP contribution in [0.15, 0.2) is 30.3 Å². The molecule has 4 rings (SSSR count). The molecule has 7 heteroatoms. The number of nitrogens with one attached hydrogen (secondary N) is 1. The van der Waals surface area contributed by atoms with Crippen LogP contribution in [0.3, 0.4) is 0 Å². The van der Waals surface area contributed by atoms with Gasteiger partial charge in [0.2, 0.25) is 0 Å². The molecule has 0 fully saturated rings. The molecule has 1 unspecified atom stereocenters. The number of anilines is 1. The van der Waals surface area contributed by atoms with Crippen molar-refractivity contribution in [2.45, 2.75) is 0 Å². The number of thiophene rings is 2. The highest BCUT2D eigenvalue weighted by Crippen LogP contribution is 2.54. The highest BCUT2D eigenvalue weighted by atomic mass is 32.1. The zero-order valence-electron chi connectivity index (χ0n) is 13.1. The molecule has 122 valence electrons. The number of benzene rings is 1. The number of hydrogen-bond donors (Lipinski definition) is 2. The molecule has 24 heavy (non-hydrogen) atoms. The normalized spacial score (nSPS) is 11.6. The minimum atomic E-state index is 0.530. The molecular formula is C17H15N2O2PS2. The Kier molecular flexibility index (Phi) is 3.76. The van der Waals surface area contributed by atoms with Crippen LogP contribution in [0.4, 0.5) is 5.00 Å². The molecule has 0 amide bonds. The third-order valence-corrected chi connectivity index (χ3v) is 7.52. The first-order chi connectivity index (χ1) is 11.6. The maximum Gasteiger partial charge on any atom is 0.130 e. The van der Waals surface area contributed by atoms with E-state index in [1.54, 1.807) is 25.6 Å². The van der Waals surface area contributed by atoms with Gasteiger partial charge in [-0.2, -0.15) is 0 Å².